The molecule has 2 N–H and O–H groups in total. The molecule has 7 heteroatoms. The third kappa shape index (κ3) is 4.36. The molecule has 3 aromatic carbocycles. The van der Waals surface area contributed by atoms with Gasteiger partial charge in [-0.2, -0.15) is 0 Å². The number of nitrogens with zero attached hydrogens (tertiary/aromatic N) is 1. The van der Waals surface area contributed by atoms with Crippen molar-refractivity contribution in [1.82, 2.24) is 0 Å². The van der Waals surface area contributed by atoms with Crippen LogP contribution in [0.15, 0.2) is 66.7 Å². The van der Waals surface area contributed by atoms with E-state index in [9.17, 15) is 9.59 Å². The lowest BCUT2D eigenvalue weighted by atomic mass is 9.85. The summed E-state index contributed by atoms with van der Waals surface area (Å²) in [4.78, 5) is 27.6. The normalized spacial score (nSPS) is 17.8. The van der Waals surface area contributed by atoms with E-state index in [1.54, 1.807) is 71.6 Å². The molecule has 0 spiro atoms. The van der Waals surface area contributed by atoms with Crippen LogP contribution in [0.25, 0.3) is 0 Å². The summed E-state index contributed by atoms with van der Waals surface area (Å²) in [6.45, 7) is 5.73. The summed E-state index contributed by atoms with van der Waals surface area (Å²) in [5.41, 5.74) is 7.79. The predicted octanol–water partition coefficient (Wildman–Crippen LogP) is 5.70. The molecule has 1 aliphatic rings. The Morgan fingerprint density at radius 3 is 2.30 bits per heavy atom. The zero-order valence-corrected chi connectivity index (χ0v) is 20.1. The number of amides is 1. The molecule has 0 bridgehead atoms. The molecule has 0 saturated heterocycles. The first-order valence-corrected chi connectivity index (χ1v) is 11.2. The molecule has 1 amide bonds. The Kier molecular flexibility index (Phi) is 5.99. The number of nitrogens with two attached hydrogens (primary N) is 1. The highest BCUT2D eigenvalue weighted by Crippen LogP contribution is 2.46. The lowest BCUT2D eigenvalue weighted by molar-refractivity contribution is -0.121. The second-order valence-corrected chi connectivity index (χ2v) is 9.88. The van der Waals surface area contributed by atoms with Gasteiger partial charge in [-0.1, -0.05) is 53.5 Å². The largest absolute Gasteiger partial charge is 0.456 e. The molecule has 0 fully saturated rings. The minimum absolute atomic E-state index is 0.269. The van der Waals surface area contributed by atoms with E-state index in [1.165, 1.54) is 0 Å². The van der Waals surface area contributed by atoms with Gasteiger partial charge in [-0.3, -0.25) is 4.79 Å². The topological polar surface area (TPSA) is 72.6 Å². The van der Waals surface area contributed by atoms with Crippen LogP contribution in [0.5, 0.6) is 0 Å². The summed E-state index contributed by atoms with van der Waals surface area (Å²) in [6.07, 6.45) is 0. The summed E-state index contributed by atoms with van der Waals surface area (Å²) in [7, 11) is 0. The van der Waals surface area contributed by atoms with E-state index in [0.29, 0.717) is 32.4 Å². The lowest BCUT2D eigenvalue weighted by Crippen LogP contribution is -2.48. The standard InChI is InChI=1S/C26H24Cl2N2O3/c1-25(2,3)33-23(31)17-10-8-16(9-11-17)15-30-22-13-12-18(27)14-20(22)26(29,24(30)32)19-6-4-5-7-21(19)28/h4-14H,15,29H2,1-3H3. The molecule has 1 unspecified atom stereocenters. The first-order chi connectivity index (χ1) is 15.5. The van der Waals surface area contributed by atoms with Crippen LogP contribution in [-0.2, 0) is 21.6 Å². The number of hydrogen-bond donors (Lipinski definition) is 1. The molecule has 1 aliphatic heterocycles. The van der Waals surface area contributed by atoms with Gasteiger partial charge in [0, 0.05) is 21.2 Å². The third-order valence-corrected chi connectivity index (χ3v) is 6.05. The van der Waals surface area contributed by atoms with Crippen LogP contribution in [0.4, 0.5) is 5.69 Å². The SMILES string of the molecule is CC(C)(C)OC(=O)c1ccc(CN2C(=O)C(N)(c3ccccc3Cl)c3cc(Cl)ccc32)cc1. The number of esters is 1. The Morgan fingerprint density at radius 1 is 1.00 bits per heavy atom. The van der Waals surface area contributed by atoms with Crippen molar-refractivity contribution in [1.29, 1.82) is 0 Å². The third-order valence-electron chi connectivity index (χ3n) is 5.48. The summed E-state index contributed by atoms with van der Waals surface area (Å²) >= 11 is 12.7. The highest BCUT2D eigenvalue weighted by molar-refractivity contribution is 6.32. The van der Waals surface area contributed by atoms with Crippen molar-refractivity contribution >= 4 is 40.8 Å². The minimum atomic E-state index is -1.46. The maximum atomic E-state index is 13.7. The van der Waals surface area contributed by atoms with Crippen LogP contribution in [0.1, 0.15) is 47.8 Å². The van der Waals surface area contributed by atoms with Crippen LogP contribution in [0.3, 0.4) is 0 Å². The highest BCUT2D eigenvalue weighted by Gasteiger charge is 2.50. The molecule has 0 radical (unpaired) electrons. The Labute approximate surface area is 203 Å². The fourth-order valence-electron chi connectivity index (χ4n) is 3.96. The maximum absolute atomic E-state index is 13.7. The van der Waals surface area contributed by atoms with E-state index in [0.717, 1.165) is 5.56 Å². The van der Waals surface area contributed by atoms with E-state index in [4.69, 9.17) is 33.7 Å². The van der Waals surface area contributed by atoms with Crippen LogP contribution >= 0.6 is 23.2 Å². The first-order valence-electron chi connectivity index (χ1n) is 10.5. The van der Waals surface area contributed by atoms with Gasteiger partial charge in [0.05, 0.1) is 17.8 Å². The number of benzene rings is 3. The van der Waals surface area contributed by atoms with Gasteiger partial charge in [0.15, 0.2) is 5.54 Å². The van der Waals surface area contributed by atoms with Gasteiger partial charge in [-0.15, -0.1) is 0 Å². The average Bonchev–Trinajstić information content (AvgIpc) is 2.95. The number of anilines is 1. The maximum Gasteiger partial charge on any atom is 0.338 e. The van der Waals surface area contributed by atoms with Crippen molar-refractivity contribution in [3.63, 3.8) is 0 Å². The van der Waals surface area contributed by atoms with E-state index >= 15 is 0 Å². The zero-order valence-electron chi connectivity index (χ0n) is 18.6. The van der Waals surface area contributed by atoms with Gasteiger partial charge in [0.2, 0.25) is 0 Å². The van der Waals surface area contributed by atoms with Crippen molar-refractivity contribution in [2.45, 2.75) is 38.5 Å². The number of carbonyl (C=O) groups excluding carboxylic acids is 2. The minimum Gasteiger partial charge on any atom is -0.456 e. The van der Waals surface area contributed by atoms with Gasteiger partial charge >= 0.3 is 5.97 Å². The van der Waals surface area contributed by atoms with Crippen LogP contribution in [-0.4, -0.2) is 17.5 Å². The summed E-state index contributed by atoms with van der Waals surface area (Å²) in [5, 5.41) is 0.884. The van der Waals surface area contributed by atoms with Crippen molar-refractivity contribution in [2.24, 2.45) is 5.73 Å². The van der Waals surface area contributed by atoms with E-state index in [2.05, 4.69) is 0 Å². The molecule has 33 heavy (non-hydrogen) atoms. The molecule has 0 saturated carbocycles. The van der Waals surface area contributed by atoms with E-state index in [1.807, 2.05) is 20.8 Å². The first kappa shape index (κ1) is 23.3. The predicted molar refractivity (Wildman–Crippen MR) is 131 cm³/mol. The van der Waals surface area contributed by atoms with Crippen LogP contribution < -0.4 is 10.6 Å². The van der Waals surface area contributed by atoms with Gasteiger partial charge in [0.25, 0.3) is 5.91 Å². The fraction of sp³-hybridized carbons (Fsp3) is 0.231. The molecular weight excluding hydrogens is 459 g/mol. The van der Waals surface area contributed by atoms with Crippen molar-refractivity contribution in [3.05, 3.63) is 99.0 Å². The van der Waals surface area contributed by atoms with Crippen LogP contribution in [0, 0.1) is 0 Å². The average molecular weight is 483 g/mol. The van der Waals surface area contributed by atoms with Crippen molar-refractivity contribution in [2.75, 3.05) is 4.90 Å². The summed E-state index contributed by atoms with van der Waals surface area (Å²) in [5.74, 6) is -0.699. The number of rotatable bonds is 4. The Bertz CT molecular complexity index is 1240. The number of halogens is 2. The molecule has 3 aromatic rings. The Morgan fingerprint density at radius 2 is 1.67 bits per heavy atom. The summed E-state index contributed by atoms with van der Waals surface area (Å²) in [6, 6.07) is 19.3. The van der Waals surface area contributed by atoms with Gasteiger partial charge in [0.1, 0.15) is 5.60 Å². The molecular formula is C26H24Cl2N2O3. The number of carbonyl (C=O) groups is 2. The number of hydrogen-bond acceptors (Lipinski definition) is 4. The summed E-state index contributed by atoms with van der Waals surface area (Å²) < 4.78 is 5.41. The lowest BCUT2D eigenvalue weighted by Gasteiger charge is -2.26. The molecule has 0 aliphatic carbocycles. The van der Waals surface area contributed by atoms with Crippen molar-refractivity contribution in [3.8, 4) is 0 Å². The van der Waals surface area contributed by atoms with Gasteiger partial charge in [-0.25, -0.2) is 4.79 Å². The van der Waals surface area contributed by atoms with E-state index < -0.39 is 17.1 Å². The second kappa shape index (κ2) is 8.49. The zero-order chi connectivity index (χ0) is 24.0. The molecule has 4 rings (SSSR count). The van der Waals surface area contributed by atoms with Crippen molar-refractivity contribution < 1.29 is 14.3 Å². The molecule has 1 heterocycles. The molecule has 0 aromatic heterocycles. The van der Waals surface area contributed by atoms with Gasteiger partial charge < -0.3 is 15.4 Å². The monoisotopic (exact) mass is 482 g/mol. The molecule has 1 atom stereocenters. The quantitative estimate of drug-likeness (QED) is 0.484. The fourth-order valence-corrected chi connectivity index (χ4v) is 4.42. The molecule has 5 nitrogen and oxygen atoms in total. The van der Waals surface area contributed by atoms with Crippen LogP contribution in [0.2, 0.25) is 10.0 Å². The molecule has 170 valence electrons. The Hall–Kier alpha value is -2.86. The highest BCUT2D eigenvalue weighted by atomic mass is 35.5. The van der Waals surface area contributed by atoms with Gasteiger partial charge in [-0.05, 0) is 62.7 Å². The second-order valence-electron chi connectivity index (χ2n) is 9.04. The van der Waals surface area contributed by atoms with E-state index in [-0.39, 0.29) is 12.5 Å². The number of fused-ring (bicyclic) bond motifs is 1. The Balaban J connectivity index is 1.68. The number of ether oxygens (including phenoxy) is 1. The smallest absolute Gasteiger partial charge is 0.338 e.